The van der Waals surface area contributed by atoms with Gasteiger partial charge in [-0.25, -0.2) is 0 Å². The van der Waals surface area contributed by atoms with Gasteiger partial charge in [-0.15, -0.1) is 0 Å². The Hall–Kier alpha value is -3.27. The normalized spacial score (nSPS) is 10.6. The van der Waals surface area contributed by atoms with Gasteiger partial charge in [0.25, 0.3) is 0 Å². The van der Waals surface area contributed by atoms with Crippen molar-refractivity contribution in [2.24, 2.45) is 0 Å². The van der Waals surface area contributed by atoms with Crippen LogP contribution >= 0.6 is 0 Å². The molecule has 0 heterocycles. The minimum Gasteiger partial charge on any atom is -0.494 e. The van der Waals surface area contributed by atoms with Crippen LogP contribution in [0.2, 0.25) is 0 Å². The van der Waals surface area contributed by atoms with Gasteiger partial charge in [0.1, 0.15) is 5.75 Å². The highest BCUT2D eigenvalue weighted by Gasteiger charge is 2.08. The Bertz CT molecular complexity index is 921. The Labute approximate surface area is 179 Å². The second kappa shape index (κ2) is 11.1. The molecule has 0 spiro atoms. The summed E-state index contributed by atoms with van der Waals surface area (Å²) in [6.07, 6.45) is 1.97. The molecule has 0 radical (unpaired) electrons. The Morgan fingerprint density at radius 3 is 2.33 bits per heavy atom. The first-order chi connectivity index (χ1) is 14.6. The minimum atomic E-state index is -0.0786. The van der Waals surface area contributed by atoms with E-state index in [0.717, 1.165) is 30.0 Å². The molecule has 1 amide bonds. The van der Waals surface area contributed by atoms with Crippen molar-refractivity contribution in [3.8, 4) is 5.75 Å². The fraction of sp³-hybridized carbons (Fsp3) is 0.269. The molecular formula is C26H30N2O2. The van der Waals surface area contributed by atoms with E-state index < -0.39 is 0 Å². The maximum absolute atomic E-state index is 12.3. The first-order valence-electron chi connectivity index (χ1n) is 10.5. The van der Waals surface area contributed by atoms with Gasteiger partial charge in [-0.3, -0.25) is 4.79 Å². The zero-order chi connectivity index (χ0) is 21.2. The highest BCUT2D eigenvalue weighted by molar-refractivity contribution is 5.93. The van der Waals surface area contributed by atoms with E-state index in [1.54, 1.807) is 0 Å². The molecule has 0 aliphatic carbocycles. The molecule has 30 heavy (non-hydrogen) atoms. The van der Waals surface area contributed by atoms with Gasteiger partial charge in [0, 0.05) is 11.4 Å². The number of nitrogens with one attached hydrogen (secondary N) is 2. The van der Waals surface area contributed by atoms with E-state index in [-0.39, 0.29) is 12.5 Å². The molecule has 4 nitrogen and oxygen atoms in total. The smallest absolute Gasteiger partial charge is 0.243 e. The average molecular weight is 403 g/mol. The van der Waals surface area contributed by atoms with Crippen molar-refractivity contribution in [1.82, 2.24) is 0 Å². The number of para-hydroxylation sites is 1. The van der Waals surface area contributed by atoms with Crippen LogP contribution in [0.3, 0.4) is 0 Å². The van der Waals surface area contributed by atoms with Gasteiger partial charge in [0.15, 0.2) is 0 Å². The predicted molar refractivity (Wildman–Crippen MR) is 124 cm³/mol. The van der Waals surface area contributed by atoms with Gasteiger partial charge < -0.3 is 15.4 Å². The third-order valence-corrected chi connectivity index (χ3v) is 4.88. The van der Waals surface area contributed by atoms with Crippen molar-refractivity contribution >= 4 is 17.3 Å². The van der Waals surface area contributed by atoms with Crippen molar-refractivity contribution in [2.75, 3.05) is 23.8 Å². The number of rotatable bonds is 10. The van der Waals surface area contributed by atoms with E-state index in [1.807, 2.05) is 48.5 Å². The van der Waals surface area contributed by atoms with Crippen LogP contribution in [0, 0.1) is 0 Å². The number of hydrogen-bond acceptors (Lipinski definition) is 3. The largest absolute Gasteiger partial charge is 0.494 e. The highest BCUT2D eigenvalue weighted by atomic mass is 16.5. The molecule has 3 rings (SSSR count). The summed E-state index contributed by atoms with van der Waals surface area (Å²) in [5.41, 5.74) is 4.29. The molecule has 3 aromatic carbocycles. The zero-order valence-corrected chi connectivity index (χ0v) is 17.7. The van der Waals surface area contributed by atoms with Crippen molar-refractivity contribution in [3.63, 3.8) is 0 Å². The third-order valence-electron chi connectivity index (χ3n) is 4.88. The molecule has 0 atom stereocenters. The Kier molecular flexibility index (Phi) is 7.90. The van der Waals surface area contributed by atoms with Gasteiger partial charge in [0.2, 0.25) is 5.91 Å². The standard InChI is InChI=1S/C26H30N2O2/c1-20(2)24-12-6-7-13-25(24)27-19-26(29)28-22-14-16-23(17-15-22)30-18-8-11-21-9-4-3-5-10-21/h3-7,9-10,12-17,20,27H,8,11,18-19H2,1-2H3,(H,28,29). The SMILES string of the molecule is CC(C)c1ccccc1NCC(=O)Nc1ccc(OCCCc2ccccc2)cc1. The van der Waals surface area contributed by atoms with Crippen LogP contribution in [0.5, 0.6) is 5.75 Å². The van der Waals surface area contributed by atoms with E-state index in [2.05, 4.69) is 54.8 Å². The number of amides is 1. The number of aryl methyl sites for hydroxylation is 1. The number of benzene rings is 3. The summed E-state index contributed by atoms with van der Waals surface area (Å²) >= 11 is 0. The monoisotopic (exact) mass is 402 g/mol. The van der Waals surface area contributed by atoms with Crippen LogP contribution in [0.1, 0.15) is 37.3 Å². The van der Waals surface area contributed by atoms with E-state index in [4.69, 9.17) is 4.74 Å². The minimum absolute atomic E-state index is 0.0786. The first kappa shape index (κ1) is 21.4. The summed E-state index contributed by atoms with van der Waals surface area (Å²) in [5, 5.41) is 6.16. The summed E-state index contributed by atoms with van der Waals surface area (Å²) in [4.78, 5) is 12.3. The number of carbonyl (C=O) groups is 1. The summed E-state index contributed by atoms with van der Waals surface area (Å²) in [5.74, 6) is 1.13. The second-order valence-electron chi connectivity index (χ2n) is 7.61. The first-order valence-corrected chi connectivity index (χ1v) is 10.5. The molecule has 156 valence electrons. The Morgan fingerprint density at radius 2 is 1.60 bits per heavy atom. The van der Waals surface area contributed by atoms with Crippen LogP contribution < -0.4 is 15.4 Å². The predicted octanol–water partition coefficient (Wildman–Crippen LogP) is 5.87. The highest BCUT2D eigenvalue weighted by Crippen LogP contribution is 2.23. The van der Waals surface area contributed by atoms with E-state index in [0.29, 0.717) is 12.5 Å². The summed E-state index contributed by atoms with van der Waals surface area (Å²) in [6.45, 7) is 5.18. The Balaban J connectivity index is 1.41. The van der Waals surface area contributed by atoms with E-state index in [1.165, 1.54) is 11.1 Å². The molecule has 4 heteroatoms. The van der Waals surface area contributed by atoms with Crippen molar-refractivity contribution in [2.45, 2.75) is 32.6 Å². The number of hydrogen-bond donors (Lipinski definition) is 2. The number of anilines is 2. The van der Waals surface area contributed by atoms with Crippen LogP contribution in [0.25, 0.3) is 0 Å². The van der Waals surface area contributed by atoms with Crippen LogP contribution in [-0.4, -0.2) is 19.1 Å². The summed E-state index contributed by atoms with van der Waals surface area (Å²) < 4.78 is 5.80. The molecule has 0 fully saturated rings. The molecule has 0 aliphatic heterocycles. The van der Waals surface area contributed by atoms with Gasteiger partial charge in [-0.2, -0.15) is 0 Å². The molecule has 0 saturated carbocycles. The van der Waals surface area contributed by atoms with Crippen molar-refractivity contribution in [3.05, 3.63) is 90.0 Å². The molecule has 0 aliphatic rings. The lowest BCUT2D eigenvalue weighted by molar-refractivity contribution is -0.114. The lowest BCUT2D eigenvalue weighted by atomic mass is 10.0. The molecule has 3 aromatic rings. The van der Waals surface area contributed by atoms with Crippen molar-refractivity contribution in [1.29, 1.82) is 0 Å². The molecule has 0 aromatic heterocycles. The quantitative estimate of drug-likeness (QED) is 0.417. The topological polar surface area (TPSA) is 50.4 Å². The molecule has 0 bridgehead atoms. The van der Waals surface area contributed by atoms with Gasteiger partial charge in [-0.1, -0.05) is 62.4 Å². The van der Waals surface area contributed by atoms with Crippen molar-refractivity contribution < 1.29 is 9.53 Å². The lowest BCUT2D eigenvalue weighted by Gasteiger charge is -2.14. The van der Waals surface area contributed by atoms with E-state index >= 15 is 0 Å². The van der Waals surface area contributed by atoms with E-state index in [9.17, 15) is 4.79 Å². The maximum atomic E-state index is 12.3. The van der Waals surface area contributed by atoms with Crippen LogP contribution in [-0.2, 0) is 11.2 Å². The fourth-order valence-corrected chi connectivity index (χ4v) is 3.29. The summed E-state index contributed by atoms with van der Waals surface area (Å²) in [6, 6.07) is 26.0. The number of ether oxygens (including phenoxy) is 1. The van der Waals surface area contributed by atoms with Gasteiger partial charge >= 0.3 is 0 Å². The van der Waals surface area contributed by atoms with Crippen LogP contribution in [0.4, 0.5) is 11.4 Å². The molecule has 2 N–H and O–H groups in total. The van der Waals surface area contributed by atoms with Gasteiger partial charge in [-0.05, 0) is 60.2 Å². The second-order valence-corrected chi connectivity index (χ2v) is 7.61. The molecule has 0 saturated heterocycles. The fourth-order valence-electron chi connectivity index (χ4n) is 3.29. The maximum Gasteiger partial charge on any atom is 0.243 e. The van der Waals surface area contributed by atoms with Gasteiger partial charge in [0.05, 0.1) is 13.2 Å². The number of carbonyl (C=O) groups excluding carboxylic acids is 1. The third kappa shape index (κ3) is 6.66. The zero-order valence-electron chi connectivity index (χ0n) is 17.7. The Morgan fingerprint density at radius 1 is 0.900 bits per heavy atom. The molecular weight excluding hydrogens is 372 g/mol. The summed E-state index contributed by atoms with van der Waals surface area (Å²) in [7, 11) is 0. The van der Waals surface area contributed by atoms with Crippen LogP contribution in [0.15, 0.2) is 78.9 Å². The average Bonchev–Trinajstić information content (AvgIpc) is 2.77. The molecule has 0 unspecified atom stereocenters. The lowest BCUT2D eigenvalue weighted by Crippen LogP contribution is -2.22.